The van der Waals surface area contributed by atoms with Gasteiger partial charge in [0, 0.05) is 81.1 Å². The average Bonchev–Trinajstić information content (AvgIpc) is 1.53. The lowest BCUT2D eigenvalue weighted by molar-refractivity contribution is -0.145. The summed E-state index contributed by atoms with van der Waals surface area (Å²) < 4.78 is 0. The summed E-state index contributed by atoms with van der Waals surface area (Å²) in [5, 5.41) is 42.3. The number of fused-ring (bicyclic) bond motifs is 1. The minimum atomic E-state index is -2.04. The first-order valence-corrected chi connectivity index (χ1v) is 33.2. The van der Waals surface area contributed by atoms with E-state index in [1.165, 1.54) is 35.5 Å². The molecule has 0 bridgehead atoms. The average molecular weight is 1430 g/mol. The number of amides is 13. The summed E-state index contributed by atoms with van der Waals surface area (Å²) in [5.41, 5.74) is 27.3. The minimum Gasteiger partial charge on any atom is -0.480 e. The molecule has 4 aromatic rings. The molecule has 2 fully saturated rings. The molecule has 0 radical (unpaired) electrons. The number of azide groups is 1. The van der Waals surface area contributed by atoms with Crippen LogP contribution in [0, 0.1) is 5.92 Å². The maximum atomic E-state index is 15.2. The van der Waals surface area contributed by atoms with Crippen molar-refractivity contribution in [1.29, 1.82) is 0 Å². The predicted molar refractivity (Wildman–Crippen MR) is 369 cm³/mol. The van der Waals surface area contributed by atoms with Gasteiger partial charge in [-0.3, -0.25) is 72.3 Å². The summed E-state index contributed by atoms with van der Waals surface area (Å²) in [7, 11) is 0. The van der Waals surface area contributed by atoms with Crippen LogP contribution in [-0.2, 0) is 86.4 Å². The molecule has 102 heavy (non-hydrogen) atoms. The zero-order chi connectivity index (χ0) is 74.6. The molecule has 2 aliphatic rings. The van der Waals surface area contributed by atoms with Crippen molar-refractivity contribution >= 4 is 111 Å². The zero-order valence-electron chi connectivity index (χ0n) is 56.3. The minimum absolute atomic E-state index is 0.00510. The van der Waals surface area contributed by atoms with Crippen molar-refractivity contribution in [3.8, 4) is 0 Å². The number of carboxylic acid groups (broad SMARTS) is 1. The van der Waals surface area contributed by atoms with Crippen molar-refractivity contribution < 1.29 is 72.2 Å². The summed E-state index contributed by atoms with van der Waals surface area (Å²) in [5.74, 6) is -14.9. The second-order valence-electron chi connectivity index (χ2n) is 24.8. The number of carboxylic acids is 1. The van der Waals surface area contributed by atoms with Gasteiger partial charge in [0.1, 0.15) is 60.4 Å². The number of nitrogens with two attached hydrogens (primary N) is 3. The predicted octanol–water partition coefficient (Wildman–Crippen LogP) is -2.31. The highest BCUT2D eigenvalue weighted by atomic mass is 35.5. The van der Waals surface area contributed by atoms with E-state index in [-0.39, 0.29) is 69.9 Å². The summed E-state index contributed by atoms with van der Waals surface area (Å²) >= 11 is 6.16. The van der Waals surface area contributed by atoms with Crippen LogP contribution in [0.3, 0.4) is 0 Å². The third-order valence-electron chi connectivity index (χ3n) is 16.3. The molecule has 3 aromatic carbocycles. The number of aromatic nitrogens is 1. The number of aliphatic imine (C=N–C) groups is 1. The molecule has 18 N–H and O–H groups in total. The summed E-state index contributed by atoms with van der Waals surface area (Å²) in [6.45, 7) is 2.91. The molecule has 2 saturated heterocycles. The summed E-state index contributed by atoms with van der Waals surface area (Å²) in [6.07, 6.45) is -0.126. The molecule has 0 unspecified atom stereocenters. The topological polar surface area (TPSA) is 547 Å². The first-order valence-electron chi connectivity index (χ1n) is 32.8. The smallest absolute Gasteiger partial charge is 0.327 e. The van der Waals surface area contributed by atoms with Gasteiger partial charge in [0.15, 0.2) is 5.96 Å². The van der Waals surface area contributed by atoms with Crippen molar-refractivity contribution in [2.45, 2.75) is 152 Å². The number of nitrogens with zero attached hydrogens (tertiary/aromatic N) is 6. The number of pyridine rings is 1. The number of benzene rings is 3. The zero-order valence-corrected chi connectivity index (χ0v) is 57.0. The van der Waals surface area contributed by atoms with Gasteiger partial charge in [0.25, 0.3) is 0 Å². The molecule has 3 heterocycles. The highest BCUT2D eigenvalue weighted by molar-refractivity contribution is 6.30. The van der Waals surface area contributed by atoms with Gasteiger partial charge in [-0.2, -0.15) is 0 Å². The van der Waals surface area contributed by atoms with Crippen LogP contribution in [0.2, 0.25) is 5.02 Å². The second kappa shape index (κ2) is 39.5. The summed E-state index contributed by atoms with van der Waals surface area (Å²) in [6, 6.07) is 5.65. The number of likely N-dealkylation sites (tertiary alicyclic amines) is 1. The van der Waals surface area contributed by atoms with Crippen LogP contribution in [-0.4, -0.2) is 197 Å². The number of rotatable bonds is 26. The van der Waals surface area contributed by atoms with E-state index in [1.807, 2.05) is 6.07 Å². The Kier molecular flexibility index (Phi) is 30.8. The van der Waals surface area contributed by atoms with E-state index in [0.717, 1.165) is 17.7 Å². The van der Waals surface area contributed by atoms with Gasteiger partial charge in [-0.05, 0) is 101 Å². The van der Waals surface area contributed by atoms with Gasteiger partial charge in [0.05, 0.1) is 13.0 Å². The van der Waals surface area contributed by atoms with Crippen molar-refractivity contribution in [1.82, 2.24) is 68.4 Å². The second-order valence-corrected chi connectivity index (χ2v) is 25.2. The molecular formula is C66H85ClN20O15. The number of nitrogens with one attached hydrogen (secondary N) is 11. The lowest BCUT2D eigenvalue weighted by atomic mass is 9.98. The fourth-order valence-electron chi connectivity index (χ4n) is 11.3. The van der Waals surface area contributed by atoms with E-state index in [0.29, 0.717) is 28.1 Å². The van der Waals surface area contributed by atoms with E-state index in [9.17, 15) is 68.2 Å². The summed E-state index contributed by atoms with van der Waals surface area (Å²) in [4.78, 5) is 208. The van der Waals surface area contributed by atoms with Crippen molar-refractivity contribution in [3.63, 3.8) is 0 Å². The van der Waals surface area contributed by atoms with E-state index in [1.54, 1.807) is 68.4 Å². The lowest BCUT2D eigenvalue weighted by Gasteiger charge is -2.31. The number of hydrogen-bond acceptors (Lipinski definition) is 17. The van der Waals surface area contributed by atoms with Gasteiger partial charge in [-0.15, -0.1) is 0 Å². The van der Waals surface area contributed by atoms with Crippen LogP contribution in [0.1, 0.15) is 88.8 Å². The highest BCUT2D eigenvalue weighted by Crippen LogP contribution is 2.22. The van der Waals surface area contributed by atoms with E-state index >= 15 is 9.59 Å². The number of carbonyl (C=O) groups excluding carboxylic acids is 13. The molecule has 36 heteroatoms. The first-order chi connectivity index (χ1) is 48.6. The van der Waals surface area contributed by atoms with E-state index in [4.69, 9.17) is 28.8 Å². The van der Waals surface area contributed by atoms with Crippen molar-refractivity contribution in [2.24, 2.45) is 33.2 Å². The van der Waals surface area contributed by atoms with Crippen LogP contribution in [0.5, 0.6) is 0 Å². The molecule has 0 spiro atoms. The van der Waals surface area contributed by atoms with Crippen molar-refractivity contribution in [3.05, 3.63) is 123 Å². The Labute approximate surface area is 590 Å². The molecular weight excluding hydrogens is 1350 g/mol. The van der Waals surface area contributed by atoms with E-state index in [2.05, 4.69) is 78.5 Å². The third-order valence-corrected chi connectivity index (χ3v) is 16.6. The number of halogens is 1. The van der Waals surface area contributed by atoms with Gasteiger partial charge in [-0.1, -0.05) is 86.1 Å². The number of carbonyl (C=O) groups is 14. The Hall–Kier alpha value is -11.3. The fourth-order valence-corrected chi connectivity index (χ4v) is 11.4. The number of guanidine groups is 1. The molecule has 13 amide bonds. The molecule has 2 aliphatic heterocycles. The van der Waals surface area contributed by atoms with Crippen LogP contribution in [0.25, 0.3) is 21.2 Å². The monoisotopic (exact) mass is 1430 g/mol. The molecule has 0 saturated carbocycles. The Morgan fingerprint density at radius 3 is 2.01 bits per heavy atom. The standard InChI is InChI=1S/C66H85ClN20O15/c1-35(2)25-45(57(93)78-44(12-7-22-74-66(69)70)64(100)87-24-8-13-52(87)63(99)84-51(32-68)65(101)102)79-59(95)47(28-38-14-17-40-10-4-5-11-41(40)26-38)80-56(92)43-20-23-73-55(91)34-75-53(89)30-49(76-36(3)88)61(97)81-46(27-37-15-18-42(67)19-16-37)58(94)82-48(29-39-9-6-21-72-33-39)60(96)83-50(62(98)77-43)31-54(90)85-86-71/h4-6,9-11,14-19,21,26,33,35,43-52H,7-8,12-13,20,22-25,27-32,34,68H2,1-3H3,(H,73,91)(H,75,89)(H,76,88)(H,77,98)(H,78,93)(H,79,95)(H,80,92)(H,81,97)(H,82,94)(H,83,96)(H,84,99)(H,101,102)(H4,69,70,74)/t43-,44-,45-,46+,47+,48+,49-,50-,51-,52-/m0/s1. The van der Waals surface area contributed by atoms with Crippen LogP contribution in [0.4, 0.5) is 0 Å². The van der Waals surface area contributed by atoms with E-state index < -0.39 is 182 Å². The molecule has 35 nitrogen and oxygen atoms in total. The van der Waals surface area contributed by atoms with Crippen LogP contribution >= 0.6 is 11.6 Å². The quantitative estimate of drug-likeness (QED) is 0.00784. The Balaban J connectivity index is 1.38. The van der Waals surface area contributed by atoms with Gasteiger partial charge in [0.2, 0.25) is 76.8 Å². The lowest BCUT2D eigenvalue weighted by Crippen LogP contribution is -2.61. The number of hydrogen-bond donors (Lipinski definition) is 15. The molecule has 546 valence electrons. The fraction of sp³-hybridized carbons (Fsp3) is 0.455. The Morgan fingerprint density at radius 1 is 0.725 bits per heavy atom. The maximum Gasteiger partial charge on any atom is 0.327 e. The normalized spacial score (nSPS) is 19.8. The van der Waals surface area contributed by atoms with Gasteiger partial charge in [-0.25, -0.2) is 4.79 Å². The maximum absolute atomic E-state index is 15.2. The molecule has 1 aromatic heterocycles. The van der Waals surface area contributed by atoms with Gasteiger partial charge < -0.3 is 85.7 Å². The number of aliphatic carboxylic acids is 1. The van der Waals surface area contributed by atoms with Crippen molar-refractivity contribution in [2.75, 3.05) is 32.7 Å². The third kappa shape index (κ3) is 25.4. The molecule has 6 rings (SSSR count). The van der Waals surface area contributed by atoms with Crippen LogP contribution < -0.4 is 75.7 Å². The first kappa shape index (κ1) is 79.7. The highest BCUT2D eigenvalue weighted by Gasteiger charge is 2.41. The molecule has 0 aliphatic carbocycles. The Morgan fingerprint density at radius 2 is 1.36 bits per heavy atom. The largest absolute Gasteiger partial charge is 0.480 e. The van der Waals surface area contributed by atoms with Gasteiger partial charge >= 0.3 is 5.97 Å². The SMILES string of the molecule is CC(=O)N[C@H]1CC(=O)NCC(=O)NCC[C@@H](C(=O)N[C@H](Cc2ccc3ccccc3c2)C(=O)N[C@@H](CC(C)C)C(=O)N[C@@H](CCCN=C(N)N)C(=O)N2CCC[C@H]2C(=O)N[C@@H](CN)C(=O)O)NC(=O)[C@H](CC(=O)N=[N+]=[N-])NC(=O)[C@@H](Cc2cccnc2)NC(=O)[C@@H](Cc2ccc(Cl)cc2)NC1=O. The Bertz CT molecular complexity index is 3800. The van der Waals surface area contributed by atoms with Crippen LogP contribution in [0.15, 0.2) is 101 Å². The molecule has 10 atom stereocenters.